The molecule has 0 unspecified atom stereocenters. The van der Waals surface area contributed by atoms with Crippen LogP contribution >= 0.6 is 11.6 Å². The van der Waals surface area contributed by atoms with Crippen LogP contribution in [0.15, 0.2) is 60.7 Å². The molecule has 0 spiro atoms. The Balaban J connectivity index is 1.78. The lowest BCUT2D eigenvalue weighted by Crippen LogP contribution is -2.22. The molecule has 13 heteroatoms. The van der Waals surface area contributed by atoms with Gasteiger partial charge in [-0.25, -0.2) is 4.79 Å². The van der Waals surface area contributed by atoms with Crippen molar-refractivity contribution in [1.82, 2.24) is 5.32 Å². The minimum Gasteiger partial charge on any atom is -0.457 e. The summed E-state index contributed by atoms with van der Waals surface area (Å²) in [5.41, 5.74) is -3.41. The van der Waals surface area contributed by atoms with Crippen LogP contribution in [0.4, 0.5) is 42.5 Å². The van der Waals surface area contributed by atoms with Crippen molar-refractivity contribution < 1.29 is 40.7 Å². The zero-order chi connectivity index (χ0) is 26.7. The first-order valence-corrected chi connectivity index (χ1v) is 10.3. The standard InChI is InChI=1S/C23H16ClF6N3O3/c1-31-20(34)16-7-6-15(11-17(16)22(25,26)27)36-14-4-2-3-13(10-14)32-21(35)33-19-8-5-12(24)9-18(19)23(28,29)30/h2-11H,1H3,(H,31,34)(H2,32,33,35). The molecule has 0 aromatic heterocycles. The van der Waals surface area contributed by atoms with Crippen LogP contribution in [-0.4, -0.2) is 19.0 Å². The van der Waals surface area contributed by atoms with Gasteiger partial charge in [-0.15, -0.1) is 0 Å². The topological polar surface area (TPSA) is 79.5 Å². The van der Waals surface area contributed by atoms with Crippen LogP contribution < -0.4 is 20.7 Å². The van der Waals surface area contributed by atoms with Gasteiger partial charge in [0.05, 0.1) is 22.4 Å². The summed E-state index contributed by atoms with van der Waals surface area (Å²) in [4.78, 5) is 24.0. The summed E-state index contributed by atoms with van der Waals surface area (Å²) in [6.45, 7) is 0. The number of urea groups is 1. The maximum absolute atomic E-state index is 13.4. The van der Waals surface area contributed by atoms with Crippen molar-refractivity contribution in [2.75, 3.05) is 17.7 Å². The van der Waals surface area contributed by atoms with E-state index in [9.17, 15) is 35.9 Å². The summed E-state index contributed by atoms with van der Waals surface area (Å²) in [7, 11) is 1.19. The molecule has 0 aliphatic heterocycles. The SMILES string of the molecule is CNC(=O)c1ccc(Oc2cccc(NC(=O)Nc3ccc(Cl)cc3C(F)(F)F)c2)cc1C(F)(F)F. The highest BCUT2D eigenvalue weighted by Crippen LogP contribution is 2.37. The Morgan fingerprint density at radius 1 is 0.806 bits per heavy atom. The summed E-state index contributed by atoms with van der Waals surface area (Å²) in [5.74, 6) is -1.16. The Morgan fingerprint density at radius 3 is 2.11 bits per heavy atom. The van der Waals surface area contributed by atoms with E-state index in [4.69, 9.17) is 16.3 Å². The van der Waals surface area contributed by atoms with Gasteiger partial charge in [0.2, 0.25) is 0 Å². The second kappa shape index (κ2) is 10.4. The Bertz CT molecular complexity index is 1290. The van der Waals surface area contributed by atoms with Crippen LogP contribution in [0.3, 0.4) is 0 Å². The second-order valence-electron chi connectivity index (χ2n) is 7.18. The fourth-order valence-electron chi connectivity index (χ4n) is 3.07. The average Bonchev–Trinajstić information content (AvgIpc) is 2.78. The van der Waals surface area contributed by atoms with E-state index in [2.05, 4.69) is 16.0 Å². The van der Waals surface area contributed by atoms with E-state index in [0.29, 0.717) is 12.1 Å². The summed E-state index contributed by atoms with van der Waals surface area (Å²) in [6, 6.07) is 9.98. The van der Waals surface area contributed by atoms with E-state index in [-0.39, 0.29) is 22.2 Å². The van der Waals surface area contributed by atoms with Crippen LogP contribution in [0, 0.1) is 0 Å². The monoisotopic (exact) mass is 531 g/mol. The quantitative estimate of drug-likeness (QED) is 0.305. The van der Waals surface area contributed by atoms with Gasteiger partial charge in [0.25, 0.3) is 5.91 Å². The lowest BCUT2D eigenvalue weighted by atomic mass is 10.1. The lowest BCUT2D eigenvalue weighted by molar-refractivity contribution is -0.138. The maximum Gasteiger partial charge on any atom is 0.418 e. The first kappa shape index (κ1) is 26.7. The summed E-state index contributed by atoms with van der Waals surface area (Å²) in [5, 5.41) is 6.34. The number of nitrogens with one attached hydrogen (secondary N) is 3. The van der Waals surface area contributed by atoms with Crippen molar-refractivity contribution >= 4 is 34.9 Å². The fraction of sp³-hybridized carbons (Fsp3) is 0.130. The number of halogens is 7. The molecule has 0 atom stereocenters. The molecule has 0 saturated carbocycles. The molecule has 3 N–H and O–H groups in total. The highest BCUT2D eigenvalue weighted by atomic mass is 35.5. The molecule has 36 heavy (non-hydrogen) atoms. The molecular formula is C23H16ClF6N3O3. The highest BCUT2D eigenvalue weighted by Gasteiger charge is 2.36. The number of hydrogen-bond donors (Lipinski definition) is 3. The molecule has 0 radical (unpaired) electrons. The molecule has 0 bridgehead atoms. The van der Waals surface area contributed by atoms with Gasteiger partial charge < -0.3 is 20.7 Å². The molecule has 0 fully saturated rings. The third kappa shape index (κ3) is 6.60. The molecule has 3 rings (SSSR count). The van der Waals surface area contributed by atoms with E-state index < -0.39 is 46.7 Å². The number of carbonyl (C=O) groups is 2. The van der Waals surface area contributed by atoms with Gasteiger partial charge in [-0.3, -0.25) is 4.79 Å². The predicted octanol–water partition coefficient (Wildman–Crippen LogP) is 7.17. The average molecular weight is 532 g/mol. The van der Waals surface area contributed by atoms with Gasteiger partial charge in [-0.05, 0) is 48.5 Å². The number of ether oxygens (including phenoxy) is 1. The van der Waals surface area contributed by atoms with Gasteiger partial charge >= 0.3 is 18.4 Å². The summed E-state index contributed by atoms with van der Waals surface area (Å²) >= 11 is 5.61. The Hall–Kier alpha value is -3.93. The van der Waals surface area contributed by atoms with Crippen LogP contribution in [0.1, 0.15) is 21.5 Å². The van der Waals surface area contributed by atoms with Crippen molar-refractivity contribution in [1.29, 1.82) is 0 Å². The number of hydrogen-bond acceptors (Lipinski definition) is 3. The van der Waals surface area contributed by atoms with Crippen molar-refractivity contribution in [3.63, 3.8) is 0 Å². The summed E-state index contributed by atoms with van der Waals surface area (Å²) in [6.07, 6.45) is -9.61. The normalized spacial score (nSPS) is 11.6. The van der Waals surface area contributed by atoms with Crippen LogP contribution in [0.5, 0.6) is 11.5 Å². The predicted molar refractivity (Wildman–Crippen MR) is 120 cm³/mol. The molecule has 0 saturated heterocycles. The van der Waals surface area contributed by atoms with Crippen LogP contribution in [0.2, 0.25) is 5.02 Å². The number of benzene rings is 3. The minimum absolute atomic E-state index is 0.0103. The highest BCUT2D eigenvalue weighted by molar-refractivity contribution is 6.30. The number of alkyl halides is 6. The molecule has 3 aromatic rings. The van der Waals surface area contributed by atoms with Gasteiger partial charge in [0.1, 0.15) is 11.5 Å². The zero-order valence-electron chi connectivity index (χ0n) is 18.1. The number of amides is 3. The molecule has 3 amide bonds. The summed E-state index contributed by atoms with van der Waals surface area (Å²) < 4.78 is 85.3. The molecule has 0 heterocycles. The Kier molecular flexibility index (Phi) is 7.68. The van der Waals surface area contributed by atoms with Gasteiger partial charge in [0, 0.05) is 23.8 Å². The molecule has 190 valence electrons. The molecule has 3 aromatic carbocycles. The minimum atomic E-state index is -4.83. The second-order valence-corrected chi connectivity index (χ2v) is 7.62. The van der Waals surface area contributed by atoms with E-state index in [1.165, 1.54) is 37.4 Å². The van der Waals surface area contributed by atoms with Crippen molar-refractivity contribution in [3.05, 3.63) is 82.4 Å². The van der Waals surface area contributed by atoms with E-state index >= 15 is 0 Å². The lowest BCUT2D eigenvalue weighted by Gasteiger charge is -2.15. The first-order chi connectivity index (χ1) is 16.8. The van der Waals surface area contributed by atoms with Gasteiger partial charge in [0.15, 0.2) is 0 Å². The largest absolute Gasteiger partial charge is 0.457 e. The Morgan fingerprint density at radius 2 is 1.47 bits per heavy atom. The van der Waals surface area contributed by atoms with E-state index in [1.807, 2.05) is 0 Å². The number of carbonyl (C=O) groups excluding carboxylic acids is 2. The van der Waals surface area contributed by atoms with Crippen molar-refractivity contribution in [2.24, 2.45) is 0 Å². The van der Waals surface area contributed by atoms with Crippen LogP contribution in [0.25, 0.3) is 0 Å². The van der Waals surface area contributed by atoms with Gasteiger partial charge in [-0.2, -0.15) is 26.3 Å². The molecule has 0 aliphatic rings. The van der Waals surface area contributed by atoms with Gasteiger partial charge in [-0.1, -0.05) is 17.7 Å². The Labute approximate surface area is 205 Å². The molecule has 6 nitrogen and oxygen atoms in total. The number of rotatable bonds is 5. The van der Waals surface area contributed by atoms with Crippen molar-refractivity contribution in [2.45, 2.75) is 12.4 Å². The number of anilines is 2. The molecule has 0 aliphatic carbocycles. The fourth-order valence-corrected chi connectivity index (χ4v) is 3.24. The third-order valence-corrected chi connectivity index (χ3v) is 4.87. The first-order valence-electron chi connectivity index (χ1n) is 9.94. The van der Waals surface area contributed by atoms with E-state index in [1.54, 1.807) is 0 Å². The maximum atomic E-state index is 13.4. The third-order valence-electron chi connectivity index (χ3n) is 4.63. The van der Waals surface area contributed by atoms with Crippen molar-refractivity contribution in [3.8, 4) is 11.5 Å². The van der Waals surface area contributed by atoms with E-state index in [0.717, 1.165) is 18.2 Å². The molecular weight excluding hydrogens is 516 g/mol. The zero-order valence-corrected chi connectivity index (χ0v) is 18.9. The smallest absolute Gasteiger partial charge is 0.418 e. The van der Waals surface area contributed by atoms with Crippen LogP contribution in [-0.2, 0) is 12.4 Å².